The van der Waals surface area contributed by atoms with Crippen LogP contribution in [0.3, 0.4) is 0 Å². The zero-order valence-corrected chi connectivity index (χ0v) is 18.4. The monoisotopic (exact) mass is 475 g/mol. The summed E-state index contributed by atoms with van der Waals surface area (Å²) in [6.45, 7) is 0. The number of carbonyl (C=O) groups excluding carboxylic acids is 1. The van der Waals surface area contributed by atoms with Crippen molar-refractivity contribution in [1.29, 1.82) is 0 Å². The van der Waals surface area contributed by atoms with Gasteiger partial charge in [-0.3, -0.25) is 9.48 Å². The van der Waals surface area contributed by atoms with Crippen LogP contribution in [0.25, 0.3) is 11.1 Å². The van der Waals surface area contributed by atoms with E-state index in [1.165, 1.54) is 11.7 Å². The van der Waals surface area contributed by atoms with E-state index in [1.54, 1.807) is 12.1 Å². The lowest BCUT2D eigenvalue weighted by atomic mass is 9.76. The van der Waals surface area contributed by atoms with Gasteiger partial charge in [-0.2, -0.15) is 18.3 Å². The molecule has 2 fully saturated rings. The Kier molecular flexibility index (Phi) is 5.45. The van der Waals surface area contributed by atoms with Gasteiger partial charge in [0.1, 0.15) is 0 Å². The molecule has 5 nitrogen and oxygen atoms in total. The van der Waals surface area contributed by atoms with E-state index in [1.807, 2.05) is 36.4 Å². The van der Waals surface area contributed by atoms with Gasteiger partial charge in [0.15, 0.2) is 5.69 Å². The third-order valence-corrected chi connectivity index (χ3v) is 6.76. The van der Waals surface area contributed by atoms with Crippen molar-refractivity contribution in [2.24, 2.45) is 13.0 Å². The second-order valence-electron chi connectivity index (χ2n) is 8.47. The van der Waals surface area contributed by atoms with E-state index in [-0.39, 0.29) is 18.1 Å². The minimum atomic E-state index is -4.55. The van der Waals surface area contributed by atoms with Crippen LogP contribution in [0.2, 0.25) is 5.02 Å². The van der Waals surface area contributed by atoms with Crippen LogP contribution in [0.4, 0.5) is 18.9 Å². The Morgan fingerprint density at radius 2 is 1.85 bits per heavy atom. The second-order valence-corrected chi connectivity index (χ2v) is 8.87. The second kappa shape index (κ2) is 8.18. The van der Waals surface area contributed by atoms with E-state index in [4.69, 9.17) is 16.3 Å². The first-order valence-electron chi connectivity index (χ1n) is 10.6. The number of carbonyl (C=O) groups is 1. The average molecular weight is 476 g/mol. The molecular weight excluding hydrogens is 455 g/mol. The summed E-state index contributed by atoms with van der Waals surface area (Å²) in [6, 6.07) is 15.9. The maximum atomic E-state index is 13.3. The lowest BCUT2D eigenvalue weighted by molar-refractivity contribution is -0.141. The zero-order valence-electron chi connectivity index (χ0n) is 17.6. The van der Waals surface area contributed by atoms with Gasteiger partial charge in [0, 0.05) is 29.9 Å². The summed E-state index contributed by atoms with van der Waals surface area (Å²) in [5.41, 5.74) is 1.70. The number of nitrogens with zero attached hydrogens (tertiary/aromatic N) is 2. The minimum Gasteiger partial charge on any atom is -0.373 e. The first-order valence-corrected chi connectivity index (χ1v) is 11.0. The molecule has 2 saturated heterocycles. The molecule has 3 aromatic rings. The standard InChI is InChI=1S/C24H21ClF3N3O2/c1-31-17(12-20(30-31)24(26,27)28)21-18-9-10-19(33-18)22(21)23(32)29-14-7-8-15(16(25)11-14)13-5-3-2-4-6-13/h2-8,11-12,18-19,21-22H,9-10H2,1H3,(H,29,32)/t18-,19+,21-,22-/m0/s1. The van der Waals surface area contributed by atoms with Gasteiger partial charge in [0.05, 0.1) is 23.1 Å². The van der Waals surface area contributed by atoms with E-state index < -0.39 is 23.7 Å². The number of benzene rings is 2. The Hall–Kier alpha value is -2.84. The lowest BCUT2D eigenvalue weighted by Gasteiger charge is -2.27. The van der Waals surface area contributed by atoms with Gasteiger partial charge in [-0.25, -0.2) is 0 Å². The maximum Gasteiger partial charge on any atom is 0.435 e. The van der Waals surface area contributed by atoms with E-state index >= 15 is 0 Å². The lowest BCUT2D eigenvalue weighted by Crippen LogP contribution is -2.36. The molecular formula is C24H21ClF3N3O2. The van der Waals surface area contributed by atoms with Crippen molar-refractivity contribution in [3.63, 3.8) is 0 Å². The summed E-state index contributed by atoms with van der Waals surface area (Å²) >= 11 is 6.47. The molecule has 3 heterocycles. The molecule has 2 aromatic carbocycles. The molecule has 9 heteroatoms. The van der Waals surface area contributed by atoms with Crippen molar-refractivity contribution < 1.29 is 22.7 Å². The number of aryl methyl sites for hydroxylation is 1. The Balaban J connectivity index is 1.40. The molecule has 0 unspecified atom stereocenters. The minimum absolute atomic E-state index is 0.300. The first-order chi connectivity index (χ1) is 15.7. The largest absolute Gasteiger partial charge is 0.435 e. The first kappa shape index (κ1) is 22.0. The van der Waals surface area contributed by atoms with Crippen molar-refractivity contribution in [3.05, 3.63) is 71.0 Å². The number of hydrogen-bond acceptors (Lipinski definition) is 3. The predicted octanol–water partition coefficient (Wildman–Crippen LogP) is 5.66. The van der Waals surface area contributed by atoms with Crippen LogP contribution >= 0.6 is 11.6 Å². The highest BCUT2D eigenvalue weighted by molar-refractivity contribution is 6.33. The molecule has 2 bridgehead atoms. The fourth-order valence-electron chi connectivity index (χ4n) is 4.99. The Morgan fingerprint density at radius 1 is 1.12 bits per heavy atom. The van der Waals surface area contributed by atoms with Crippen LogP contribution in [-0.4, -0.2) is 27.9 Å². The summed E-state index contributed by atoms with van der Waals surface area (Å²) < 4.78 is 46.7. The van der Waals surface area contributed by atoms with Gasteiger partial charge in [-0.1, -0.05) is 48.0 Å². The van der Waals surface area contributed by atoms with E-state index in [0.29, 0.717) is 29.2 Å². The molecule has 0 aliphatic carbocycles. The third kappa shape index (κ3) is 4.02. The van der Waals surface area contributed by atoms with Crippen LogP contribution in [0.15, 0.2) is 54.6 Å². The van der Waals surface area contributed by atoms with Crippen LogP contribution in [0.5, 0.6) is 0 Å². The van der Waals surface area contributed by atoms with Crippen LogP contribution in [0.1, 0.15) is 30.1 Å². The summed E-state index contributed by atoms with van der Waals surface area (Å²) in [4.78, 5) is 13.3. The van der Waals surface area contributed by atoms with Crippen LogP contribution < -0.4 is 5.32 Å². The highest BCUT2D eigenvalue weighted by Crippen LogP contribution is 2.49. The molecule has 1 amide bonds. The summed E-state index contributed by atoms with van der Waals surface area (Å²) in [5, 5.41) is 7.00. The average Bonchev–Trinajstić information content (AvgIpc) is 3.48. The van der Waals surface area contributed by atoms with Crippen LogP contribution in [0, 0.1) is 5.92 Å². The zero-order chi connectivity index (χ0) is 23.3. The number of aromatic nitrogens is 2. The van der Waals surface area contributed by atoms with Crippen molar-refractivity contribution in [2.45, 2.75) is 37.1 Å². The summed E-state index contributed by atoms with van der Waals surface area (Å²) in [7, 11) is 1.47. The molecule has 172 valence electrons. The normalized spacial score (nSPS) is 24.3. The molecule has 0 saturated carbocycles. The van der Waals surface area contributed by atoms with Gasteiger partial charge in [-0.05, 0) is 36.6 Å². The fraction of sp³-hybridized carbons (Fsp3) is 0.333. The molecule has 2 aliphatic rings. The smallest absolute Gasteiger partial charge is 0.373 e. The summed E-state index contributed by atoms with van der Waals surface area (Å²) in [6.07, 6.45) is -3.82. The Morgan fingerprint density at radius 3 is 2.52 bits per heavy atom. The van der Waals surface area contributed by atoms with E-state index in [0.717, 1.165) is 17.2 Å². The van der Waals surface area contributed by atoms with Gasteiger partial charge >= 0.3 is 6.18 Å². The third-order valence-electron chi connectivity index (χ3n) is 6.45. The molecule has 33 heavy (non-hydrogen) atoms. The van der Waals surface area contributed by atoms with Crippen molar-refractivity contribution in [2.75, 3.05) is 5.32 Å². The van der Waals surface area contributed by atoms with Gasteiger partial charge < -0.3 is 10.1 Å². The van der Waals surface area contributed by atoms with Crippen molar-refractivity contribution in [1.82, 2.24) is 9.78 Å². The highest BCUT2D eigenvalue weighted by atomic mass is 35.5. The number of fused-ring (bicyclic) bond motifs is 2. The van der Waals surface area contributed by atoms with Crippen molar-refractivity contribution >= 4 is 23.2 Å². The molecule has 1 aromatic heterocycles. The van der Waals surface area contributed by atoms with Crippen molar-refractivity contribution in [3.8, 4) is 11.1 Å². The topological polar surface area (TPSA) is 56.2 Å². The maximum absolute atomic E-state index is 13.3. The SMILES string of the molecule is Cn1nc(C(F)(F)F)cc1[C@@H]1[C@@H](C(=O)Nc2ccc(-c3ccccc3)c(Cl)c2)[C@H]2CC[C@@H]1O2. The number of ether oxygens (including phenoxy) is 1. The number of anilines is 1. The molecule has 0 spiro atoms. The molecule has 1 N–H and O–H groups in total. The Bertz CT molecular complexity index is 1200. The summed E-state index contributed by atoms with van der Waals surface area (Å²) in [5.74, 6) is -1.42. The molecule has 4 atom stereocenters. The molecule has 2 aliphatic heterocycles. The quantitative estimate of drug-likeness (QED) is 0.530. The molecule has 5 rings (SSSR count). The highest BCUT2D eigenvalue weighted by Gasteiger charge is 2.54. The van der Waals surface area contributed by atoms with Crippen LogP contribution in [-0.2, 0) is 22.8 Å². The number of alkyl halides is 3. The van der Waals surface area contributed by atoms with E-state index in [2.05, 4.69) is 10.4 Å². The molecule has 0 radical (unpaired) electrons. The Labute approximate surface area is 193 Å². The van der Waals surface area contributed by atoms with Gasteiger partial charge in [0.2, 0.25) is 5.91 Å². The predicted molar refractivity (Wildman–Crippen MR) is 118 cm³/mol. The van der Waals surface area contributed by atoms with Gasteiger partial charge in [-0.15, -0.1) is 0 Å². The number of amides is 1. The van der Waals surface area contributed by atoms with E-state index in [9.17, 15) is 18.0 Å². The number of nitrogens with one attached hydrogen (secondary N) is 1. The number of halogens is 4. The number of hydrogen-bond donors (Lipinski definition) is 1. The fourth-order valence-corrected chi connectivity index (χ4v) is 5.28. The number of rotatable bonds is 4. The van der Waals surface area contributed by atoms with Gasteiger partial charge in [0.25, 0.3) is 0 Å².